The first-order valence-electron chi connectivity index (χ1n) is 6.69. The van der Waals surface area contributed by atoms with Crippen molar-refractivity contribution >= 4 is 23.4 Å². The van der Waals surface area contributed by atoms with Crippen molar-refractivity contribution in [3.05, 3.63) is 34.4 Å². The summed E-state index contributed by atoms with van der Waals surface area (Å²) in [6.45, 7) is 1.59. The highest BCUT2D eigenvalue weighted by Gasteiger charge is 2.34. The Morgan fingerprint density at radius 2 is 2.14 bits per heavy atom. The first kappa shape index (κ1) is 16.6. The maximum Gasteiger partial charge on any atom is 0.223 e. The van der Waals surface area contributed by atoms with E-state index in [9.17, 15) is 13.6 Å². The molecule has 3 N–H and O–H groups in total. The lowest BCUT2D eigenvalue weighted by Crippen LogP contribution is -2.35. The van der Waals surface area contributed by atoms with Gasteiger partial charge in [-0.05, 0) is 19.1 Å². The zero-order valence-electron chi connectivity index (χ0n) is 11.9. The molecule has 1 aliphatic rings. The van der Waals surface area contributed by atoms with Crippen LogP contribution in [0.25, 0.3) is 0 Å². The third-order valence-corrected chi connectivity index (χ3v) is 3.55. The molecule has 1 aliphatic heterocycles. The lowest BCUT2D eigenvalue weighted by Gasteiger charge is -2.19. The maximum absolute atomic E-state index is 13.9. The zero-order chi connectivity index (χ0) is 16.4. The summed E-state index contributed by atoms with van der Waals surface area (Å²) in [5.41, 5.74) is 5.24. The molecule has 0 aliphatic carbocycles. The smallest absolute Gasteiger partial charge is 0.223 e. The lowest BCUT2D eigenvalue weighted by atomic mass is 9.97. The molecule has 1 heterocycles. The first-order chi connectivity index (χ1) is 10.3. The summed E-state index contributed by atoms with van der Waals surface area (Å²) in [7, 11) is 0. The van der Waals surface area contributed by atoms with Crippen LogP contribution >= 0.6 is 11.6 Å². The summed E-state index contributed by atoms with van der Waals surface area (Å²) in [5.74, 6) is -2.62. The quantitative estimate of drug-likeness (QED) is 0.504. The van der Waals surface area contributed by atoms with E-state index in [0.717, 1.165) is 12.1 Å². The number of ether oxygens (including phenoxy) is 1. The second-order valence-electron chi connectivity index (χ2n) is 5.20. The normalized spacial score (nSPS) is 19.4. The number of rotatable bonds is 4. The Labute approximate surface area is 131 Å². The van der Waals surface area contributed by atoms with Crippen molar-refractivity contribution in [3.8, 4) is 0 Å². The van der Waals surface area contributed by atoms with Gasteiger partial charge in [-0.25, -0.2) is 8.78 Å². The fourth-order valence-corrected chi connectivity index (χ4v) is 2.69. The SMILES string of the molecule is CC(N)OC(=N)CN1CC(c2c(F)cc(Cl)cc2F)CC1=O. The van der Waals surface area contributed by atoms with Crippen LogP contribution in [0.4, 0.5) is 8.78 Å². The summed E-state index contributed by atoms with van der Waals surface area (Å²) in [6.07, 6.45) is -0.687. The number of nitrogens with zero attached hydrogens (tertiary/aromatic N) is 1. The molecular formula is C14H16ClF2N3O2. The number of nitrogens with one attached hydrogen (secondary N) is 1. The minimum absolute atomic E-state index is 0.0269. The van der Waals surface area contributed by atoms with Crippen LogP contribution in [0.5, 0.6) is 0 Å². The van der Waals surface area contributed by atoms with Gasteiger partial charge < -0.3 is 9.64 Å². The summed E-state index contributed by atoms with van der Waals surface area (Å²) in [5, 5.41) is 7.56. The highest BCUT2D eigenvalue weighted by molar-refractivity contribution is 6.30. The second-order valence-corrected chi connectivity index (χ2v) is 5.64. The fraction of sp³-hybridized carbons (Fsp3) is 0.429. The van der Waals surface area contributed by atoms with E-state index in [1.807, 2.05) is 0 Å². The Bertz CT molecular complexity index is 587. The summed E-state index contributed by atoms with van der Waals surface area (Å²) < 4.78 is 32.8. The molecule has 1 aromatic carbocycles. The van der Waals surface area contributed by atoms with Crippen molar-refractivity contribution in [2.24, 2.45) is 5.73 Å². The molecule has 120 valence electrons. The van der Waals surface area contributed by atoms with E-state index in [-0.39, 0.29) is 41.9 Å². The summed E-state index contributed by atoms with van der Waals surface area (Å²) in [4.78, 5) is 13.3. The number of benzene rings is 1. The van der Waals surface area contributed by atoms with Crippen LogP contribution in [0.15, 0.2) is 12.1 Å². The van der Waals surface area contributed by atoms with Crippen LogP contribution in [0.1, 0.15) is 24.8 Å². The minimum atomic E-state index is -0.772. The van der Waals surface area contributed by atoms with E-state index in [1.54, 1.807) is 6.92 Å². The number of carbonyl (C=O) groups excluding carboxylic acids is 1. The molecule has 1 aromatic rings. The van der Waals surface area contributed by atoms with Crippen LogP contribution in [-0.2, 0) is 9.53 Å². The number of likely N-dealkylation sites (tertiary alicyclic amines) is 1. The van der Waals surface area contributed by atoms with E-state index < -0.39 is 23.8 Å². The van der Waals surface area contributed by atoms with Crippen molar-refractivity contribution in [1.82, 2.24) is 4.90 Å². The minimum Gasteiger partial charge on any atom is -0.461 e. The summed E-state index contributed by atoms with van der Waals surface area (Å²) >= 11 is 5.59. The van der Waals surface area contributed by atoms with Crippen LogP contribution in [-0.4, -0.2) is 36.0 Å². The molecule has 0 spiro atoms. The number of amides is 1. The van der Waals surface area contributed by atoms with Gasteiger partial charge in [0.1, 0.15) is 17.9 Å². The van der Waals surface area contributed by atoms with E-state index in [1.165, 1.54) is 4.90 Å². The molecule has 1 saturated heterocycles. The molecule has 0 radical (unpaired) electrons. The second kappa shape index (κ2) is 6.58. The molecule has 0 aromatic heterocycles. The molecular weight excluding hydrogens is 316 g/mol. The van der Waals surface area contributed by atoms with Crippen LogP contribution in [0.3, 0.4) is 0 Å². The zero-order valence-corrected chi connectivity index (χ0v) is 12.7. The average Bonchev–Trinajstić information content (AvgIpc) is 2.67. The molecule has 2 atom stereocenters. The number of nitrogens with two attached hydrogens (primary N) is 1. The number of carbonyl (C=O) groups is 1. The van der Waals surface area contributed by atoms with Crippen molar-refractivity contribution in [3.63, 3.8) is 0 Å². The molecule has 0 bridgehead atoms. The Hall–Kier alpha value is -1.73. The van der Waals surface area contributed by atoms with Gasteiger partial charge in [0, 0.05) is 29.5 Å². The van der Waals surface area contributed by atoms with Gasteiger partial charge in [0.15, 0.2) is 0 Å². The fourth-order valence-electron chi connectivity index (χ4n) is 2.50. The Kier molecular flexibility index (Phi) is 4.97. The van der Waals surface area contributed by atoms with Crippen molar-refractivity contribution in [2.75, 3.05) is 13.1 Å². The predicted octanol–water partition coefficient (Wildman–Crippen LogP) is 2.23. The third-order valence-electron chi connectivity index (χ3n) is 3.33. The molecule has 2 unspecified atom stereocenters. The maximum atomic E-state index is 13.9. The molecule has 1 fully saturated rings. The number of hydrogen-bond donors (Lipinski definition) is 2. The largest absolute Gasteiger partial charge is 0.461 e. The standard InChI is InChI=1S/C14H16ClF2N3O2/c1-7(18)22-12(19)6-20-5-8(2-13(20)21)14-10(16)3-9(15)4-11(14)17/h3-4,7-8,19H,2,5-6,18H2,1H3. The van der Waals surface area contributed by atoms with Crippen molar-refractivity contribution in [1.29, 1.82) is 5.41 Å². The number of halogens is 3. The highest BCUT2D eigenvalue weighted by atomic mass is 35.5. The Morgan fingerprint density at radius 3 is 2.68 bits per heavy atom. The average molecular weight is 332 g/mol. The molecule has 2 rings (SSSR count). The van der Waals surface area contributed by atoms with Gasteiger partial charge in [0.25, 0.3) is 0 Å². The molecule has 1 amide bonds. The Morgan fingerprint density at radius 1 is 1.55 bits per heavy atom. The van der Waals surface area contributed by atoms with E-state index >= 15 is 0 Å². The van der Waals surface area contributed by atoms with Gasteiger partial charge in [-0.1, -0.05) is 11.6 Å². The van der Waals surface area contributed by atoms with Gasteiger partial charge in [-0.15, -0.1) is 0 Å². The molecule has 22 heavy (non-hydrogen) atoms. The molecule has 5 nitrogen and oxygen atoms in total. The van der Waals surface area contributed by atoms with Crippen LogP contribution in [0.2, 0.25) is 5.02 Å². The topological polar surface area (TPSA) is 79.4 Å². The summed E-state index contributed by atoms with van der Waals surface area (Å²) in [6, 6.07) is 2.04. The van der Waals surface area contributed by atoms with Gasteiger partial charge in [0.05, 0.1) is 6.54 Å². The van der Waals surface area contributed by atoms with Crippen molar-refractivity contribution < 1.29 is 18.3 Å². The van der Waals surface area contributed by atoms with Gasteiger partial charge in [-0.3, -0.25) is 15.9 Å². The van der Waals surface area contributed by atoms with Crippen LogP contribution < -0.4 is 5.73 Å². The predicted molar refractivity (Wildman–Crippen MR) is 77.8 cm³/mol. The van der Waals surface area contributed by atoms with Gasteiger partial charge in [-0.2, -0.15) is 0 Å². The molecule has 0 saturated carbocycles. The number of hydrogen-bond acceptors (Lipinski definition) is 4. The van der Waals surface area contributed by atoms with Gasteiger partial charge >= 0.3 is 0 Å². The van der Waals surface area contributed by atoms with E-state index in [2.05, 4.69) is 0 Å². The molecule has 8 heteroatoms. The monoisotopic (exact) mass is 331 g/mol. The van der Waals surface area contributed by atoms with Crippen molar-refractivity contribution in [2.45, 2.75) is 25.5 Å². The highest BCUT2D eigenvalue weighted by Crippen LogP contribution is 2.33. The third kappa shape index (κ3) is 3.72. The van der Waals surface area contributed by atoms with E-state index in [0.29, 0.717) is 0 Å². The van der Waals surface area contributed by atoms with Gasteiger partial charge in [0.2, 0.25) is 11.8 Å². The van der Waals surface area contributed by atoms with Crippen LogP contribution in [0, 0.1) is 17.0 Å². The lowest BCUT2D eigenvalue weighted by molar-refractivity contribution is -0.127. The Balaban J connectivity index is 2.11. The first-order valence-corrected chi connectivity index (χ1v) is 7.07. The van der Waals surface area contributed by atoms with E-state index in [4.69, 9.17) is 27.5 Å².